The maximum absolute atomic E-state index is 12.6. The van der Waals surface area contributed by atoms with Crippen LogP contribution in [0.5, 0.6) is 0 Å². The van der Waals surface area contributed by atoms with Gasteiger partial charge in [0.1, 0.15) is 0 Å². The third-order valence-electron chi connectivity index (χ3n) is 3.89. The topological polar surface area (TPSA) is 76.3 Å². The first-order valence-corrected chi connectivity index (χ1v) is 8.94. The number of fused-ring (bicyclic) bond motifs is 1. The maximum atomic E-state index is 12.6. The van der Waals surface area contributed by atoms with Gasteiger partial charge in [-0.2, -0.15) is 10.2 Å². The fourth-order valence-corrected chi connectivity index (χ4v) is 3.06. The van der Waals surface area contributed by atoms with Crippen LogP contribution in [0.4, 0.5) is 0 Å². The molecule has 0 fully saturated rings. The Kier molecular flexibility index (Phi) is 5.58. The largest absolute Gasteiger partial charge is 0.292 e. The van der Waals surface area contributed by atoms with Gasteiger partial charge in [-0.05, 0) is 32.0 Å². The zero-order chi connectivity index (χ0) is 19.6. The summed E-state index contributed by atoms with van der Waals surface area (Å²) in [5.74, 6) is -0.542. The molecule has 8 heteroatoms. The van der Waals surface area contributed by atoms with Crippen LogP contribution >= 0.6 is 23.2 Å². The molecule has 27 heavy (non-hydrogen) atoms. The van der Waals surface area contributed by atoms with Crippen molar-refractivity contribution in [1.82, 2.24) is 15.2 Å². The zero-order valence-electron chi connectivity index (χ0n) is 14.6. The number of halogens is 2. The second kappa shape index (κ2) is 7.90. The van der Waals surface area contributed by atoms with E-state index in [0.717, 1.165) is 0 Å². The fraction of sp³-hybridized carbons (Fsp3) is 0.158. The van der Waals surface area contributed by atoms with Crippen molar-refractivity contribution < 1.29 is 4.79 Å². The quantitative estimate of drug-likeness (QED) is 0.528. The van der Waals surface area contributed by atoms with Gasteiger partial charge in [-0.3, -0.25) is 9.59 Å². The summed E-state index contributed by atoms with van der Waals surface area (Å²) in [5, 5.41) is 9.86. The molecule has 0 aliphatic carbocycles. The number of hydrazone groups is 1. The molecule has 1 heterocycles. The average Bonchev–Trinajstić information content (AvgIpc) is 2.64. The molecule has 138 valence electrons. The average molecular weight is 403 g/mol. The molecular weight excluding hydrogens is 387 g/mol. The second-order valence-corrected chi connectivity index (χ2v) is 6.89. The number of hydrogen-bond acceptors (Lipinski definition) is 4. The van der Waals surface area contributed by atoms with E-state index in [0.29, 0.717) is 26.4 Å². The summed E-state index contributed by atoms with van der Waals surface area (Å²) in [6, 6.07) is 11.7. The Morgan fingerprint density at radius 3 is 2.37 bits per heavy atom. The molecule has 2 aromatic carbocycles. The Balaban J connectivity index is 1.98. The molecule has 3 aromatic rings. The lowest BCUT2D eigenvalue weighted by Crippen LogP contribution is -2.30. The van der Waals surface area contributed by atoms with Gasteiger partial charge in [0.05, 0.1) is 27.7 Å². The van der Waals surface area contributed by atoms with E-state index in [1.165, 1.54) is 10.9 Å². The second-order valence-electron chi connectivity index (χ2n) is 6.07. The molecule has 3 rings (SSSR count). The van der Waals surface area contributed by atoms with E-state index in [2.05, 4.69) is 15.6 Å². The molecule has 0 aliphatic heterocycles. The number of carbonyl (C=O) groups is 1. The Bertz CT molecular complexity index is 1090. The van der Waals surface area contributed by atoms with Crippen LogP contribution in [-0.4, -0.2) is 21.9 Å². The number of amides is 1. The number of aromatic nitrogens is 2. The first kappa shape index (κ1) is 19.1. The zero-order valence-corrected chi connectivity index (χ0v) is 16.1. The lowest BCUT2D eigenvalue weighted by atomic mass is 10.1. The van der Waals surface area contributed by atoms with Crippen molar-refractivity contribution >= 4 is 46.1 Å². The molecule has 0 unspecified atom stereocenters. The summed E-state index contributed by atoms with van der Waals surface area (Å²) in [7, 11) is 0. The molecule has 0 spiro atoms. The molecule has 0 saturated carbocycles. The predicted octanol–water partition coefficient (Wildman–Crippen LogP) is 4.05. The van der Waals surface area contributed by atoms with E-state index in [1.54, 1.807) is 42.5 Å². The van der Waals surface area contributed by atoms with Crippen molar-refractivity contribution in [3.8, 4) is 0 Å². The maximum Gasteiger partial charge on any atom is 0.292 e. The van der Waals surface area contributed by atoms with Crippen molar-refractivity contribution in [3.05, 3.63) is 74.1 Å². The molecule has 0 radical (unpaired) electrons. The van der Waals surface area contributed by atoms with Crippen molar-refractivity contribution in [2.24, 2.45) is 5.10 Å². The third-order valence-corrected chi connectivity index (χ3v) is 4.55. The highest BCUT2D eigenvalue weighted by Crippen LogP contribution is 2.22. The van der Waals surface area contributed by atoms with Crippen LogP contribution in [0.1, 0.15) is 35.9 Å². The minimum absolute atomic E-state index is 0.112. The van der Waals surface area contributed by atoms with Crippen molar-refractivity contribution in [2.45, 2.75) is 19.9 Å². The molecule has 1 aromatic heterocycles. The van der Waals surface area contributed by atoms with Gasteiger partial charge in [0.25, 0.3) is 11.5 Å². The van der Waals surface area contributed by atoms with Gasteiger partial charge in [0.2, 0.25) is 0 Å². The van der Waals surface area contributed by atoms with E-state index in [-0.39, 0.29) is 17.3 Å². The highest BCUT2D eigenvalue weighted by Gasteiger charge is 2.17. The predicted molar refractivity (Wildman–Crippen MR) is 108 cm³/mol. The molecule has 0 atom stereocenters. The summed E-state index contributed by atoms with van der Waals surface area (Å²) >= 11 is 12.1. The SMILES string of the molecule is CC(C)n1nc(C(=O)N/N=C\c2c(Cl)cccc2Cl)c2ccccc2c1=O. The molecule has 0 bridgehead atoms. The summed E-state index contributed by atoms with van der Waals surface area (Å²) in [6.45, 7) is 3.64. The summed E-state index contributed by atoms with van der Waals surface area (Å²) < 4.78 is 1.28. The third kappa shape index (κ3) is 3.86. The van der Waals surface area contributed by atoms with Crippen LogP contribution in [0.25, 0.3) is 10.8 Å². The van der Waals surface area contributed by atoms with Gasteiger partial charge < -0.3 is 0 Å². The van der Waals surface area contributed by atoms with Crippen LogP contribution in [0.2, 0.25) is 10.0 Å². The van der Waals surface area contributed by atoms with Crippen LogP contribution < -0.4 is 11.0 Å². The minimum Gasteiger partial charge on any atom is -0.267 e. The van der Waals surface area contributed by atoms with Gasteiger partial charge in [-0.15, -0.1) is 0 Å². The fourth-order valence-electron chi connectivity index (χ4n) is 2.57. The standard InChI is InChI=1S/C19H16Cl2N4O2/c1-11(2)25-19(27)13-7-4-3-6-12(13)17(24-25)18(26)23-22-10-14-15(20)8-5-9-16(14)21/h3-11H,1-2H3,(H,23,26)/b22-10-. The van der Waals surface area contributed by atoms with Crippen molar-refractivity contribution in [3.63, 3.8) is 0 Å². The Hall–Kier alpha value is -2.70. The van der Waals surface area contributed by atoms with Crippen LogP contribution in [0.15, 0.2) is 52.4 Å². The van der Waals surface area contributed by atoms with E-state index >= 15 is 0 Å². The smallest absolute Gasteiger partial charge is 0.267 e. The Labute approximate surface area is 165 Å². The lowest BCUT2D eigenvalue weighted by Gasteiger charge is -2.12. The molecule has 1 amide bonds. The highest BCUT2D eigenvalue weighted by molar-refractivity contribution is 6.38. The van der Waals surface area contributed by atoms with Gasteiger partial charge in [-0.1, -0.05) is 47.5 Å². The molecule has 0 saturated heterocycles. The van der Waals surface area contributed by atoms with Crippen molar-refractivity contribution in [2.75, 3.05) is 0 Å². The monoisotopic (exact) mass is 402 g/mol. The first-order valence-electron chi connectivity index (χ1n) is 8.19. The van der Waals surface area contributed by atoms with E-state index in [9.17, 15) is 9.59 Å². The van der Waals surface area contributed by atoms with Gasteiger partial charge >= 0.3 is 0 Å². The summed E-state index contributed by atoms with van der Waals surface area (Å²) in [6.07, 6.45) is 1.36. The van der Waals surface area contributed by atoms with Crippen LogP contribution in [0, 0.1) is 0 Å². The number of hydrogen-bond donors (Lipinski definition) is 1. The molecule has 6 nitrogen and oxygen atoms in total. The first-order chi connectivity index (χ1) is 12.9. The van der Waals surface area contributed by atoms with E-state index in [4.69, 9.17) is 23.2 Å². The number of nitrogens with zero attached hydrogens (tertiary/aromatic N) is 3. The number of rotatable bonds is 4. The van der Waals surface area contributed by atoms with E-state index in [1.807, 2.05) is 13.8 Å². The number of nitrogens with one attached hydrogen (secondary N) is 1. The van der Waals surface area contributed by atoms with E-state index < -0.39 is 5.91 Å². The Morgan fingerprint density at radius 1 is 1.11 bits per heavy atom. The minimum atomic E-state index is -0.542. The number of benzene rings is 2. The highest BCUT2D eigenvalue weighted by atomic mass is 35.5. The molecule has 0 aliphatic rings. The summed E-state index contributed by atoms with van der Waals surface area (Å²) in [4.78, 5) is 25.2. The van der Waals surface area contributed by atoms with Crippen LogP contribution in [0.3, 0.4) is 0 Å². The van der Waals surface area contributed by atoms with Crippen LogP contribution in [-0.2, 0) is 0 Å². The number of carbonyl (C=O) groups excluding carboxylic acids is 1. The van der Waals surface area contributed by atoms with Gasteiger partial charge in [0, 0.05) is 10.9 Å². The van der Waals surface area contributed by atoms with Gasteiger partial charge in [0.15, 0.2) is 5.69 Å². The summed E-state index contributed by atoms with van der Waals surface area (Å²) in [5.41, 5.74) is 2.77. The molecule has 1 N–H and O–H groups in total. The normalized spacial score (nSPS) is 11.4. The van der Waals surface area contributed by atoms with Gasteiger partial charge in [-0.25, -0.2) is 10.1 Å². The lowest BCUT2D eigenvalue weighted by molar-refractivity contribution is 0.0949. The Morgan fingerprint density at radius 2 is 1.74 bits per heavy atom. The molecular formula is C19H16Cl2N4O2. The van der Waals surface area contributed by atoms with Crippen molar-refractivity contribution in [1.29, 1.82) is 0 Å².